The van der Waals surface area contributed by atoms with Crippen LogP contribution in [0.4, 0.5) is 0 Å². The number of hydrogen-bond acceptors (Lipinski definition) is 2. The molecule has 0 spiro atoms. The predicted molar refractivity (Wildman–Crippen MR) is 78.9 cm³/mol. The van der Waals surface area contributed by atoms with E-state index in [1.807, 2.05) is 6.92 Å². The summed E-state index contributed by atoms with van der Waals surface area (Å²) in [6.45, 7) is 10.1. The Hall–Kier alpha value is -1.39. The van der Waals surface area contributed by atoms with Crippen LogP contribution in [0.1, 0.15) is 29.7 Å². The van der Waals surface area contributed by atoms with E-state index in [2.05, 4.69) is 37.4 Å². The van der Waals surface area contributed by atoms with Crippen molar-refractivity contribution in [2.75, 3.05) is 32.8 Å². The van der Waals surface area contributed by atoms with Crippen LogP contribution in [0, 0.1) is 13.8 Å². The van der Waals surface area contributed by atoms with Crippen molar-refractivity contribution in [3.05, 3.63) is 34.9 Å². The second-order valence-corrected chi connectivity index (χ2v) is 5.67. The van der Waals surface area contributed by atoms with Gasteiger partial charge in [0.1, 0.15) is 13.1 Å². The molecule has 1 aromatic rings. The van der Waals surface area contributed by atoms with Crippen LogP contribution in [-0.4, -0.2) is 38.8 Å². The lowest BCUT2D eigenvalue weighted by Crippen LogP contribution is -3.15. The molecule has 0 bridgehead atoms. The third kappa shape index (κ3) is 4.05. The van der Waals surface area contributed by atoms with E-state index in [4.69, 9.17) is 4.74 Å². The van der Waals surface area contributed by atoms with Crippen molar-refractivity contribution < 1.29 is 14.4 Å². The maximum absolute atomic E-state index is 12.1. The molecule has 1 aliphatic rings. The van der Waals surface area contributed by atoms with Crippen LogP contribution in [-0.2, 0) is 9.53 Å². The zero-order valence-corrected chi connectivity index (χ0v) is 12.7. The highest BCUT2D eigenvalue weighted by atomic mass is 16.5. The molecule has 2 N–H and O–H groups in total. The quantitative estimate of drug-likeness (QED) is 0.836. The van der Waals surface area contributed by atoms with Crippen LogP contribution in [0.3, 0.4) is 0 Å². The van der Waals surface area contributed by atoms with Gasteiger partial charge in [-0.25, -0.2) is 0 Å². The molecule has 0 radical (unpaired) electrons. The van der Waals surface area contributed by atoms with Gasteiger partial charge >= 0.3 is 0 Å². The minimum Gasteiger partial charge on any atom is -0.370 e. The molecular weight excluding hydrogens is 252 g/mol. The Morgan fingerprint density at radius 2 is 2.00 bits per heavy atom. The lowest BCUT2D eigenvalue weighted by atomic mass is 10.0. The number of carbonyl (C=O) groups is 1. The molecular formula is C16H25N2O2+. The molecule has 1 aliphatic heterocycles. The second-order valence-electron chi connectivity index (χ2n) is 5.67. The zero-order valence-electron chi connectivity index (χ0n) is 12.7. The average molecular weight is 277 g/mol. The second kappa shape index (κ2) is 6.86. The Morgan fingerprint density at radius 1 is 1.30 bits per heavy atom. The molecule has 1 amide bonds. The number of benzene rings is 1. The Morgan fingerprint density at radius 3 is 2.65 bits per heavy atom. The molecule has 0 aliphatic carbocycles. The molecule has 4 heteroatoms. The first kappa shape index (κ1) is 15.0. The summed E-state index contributed by atoms with van der Waals surface area (Å²) < 4.78 is 5.30. The van der Waals surface area contributed by atoms with E-state index in [1.54, 1.807) is 0 Å². The van der Waals surface area contributed by atoms with Crippen LogP contribution in [0.2, 0.25) is 0 Å². The molecule has 1 heterocycles. The number of carbonyl (C=O) groups excluding carboxylic acids is 1. The number of aryl methyl sites for hydroxylation is 2. The maximum Gasteiger partial charge on any atom is 0.275 e. The van der Waals surface area contributed by atoms with Crippen molar-refractivity contribution in [3.8, 4) is 0 Å². The Balaban J connectivity index is 1.87. The van der Waals surface area contributed by atoms with Gasteiger partial charge in [-0.2, -0.15) is 0 Å². The third-order valence-electron chi connectivity index (χ3n) is 4.02. The van der Waals surface area contributed by atoms with Gasteiger partial charge < -0.3 is 15.0 Å². The van der Waals surface area contributed by atoms with Crippen molar-refractivity contribution in [2.45, 2.75) is 26.8 Å². The topological polar surface area (TPSA) is 42.8 Å². The number of ether oxygens (including phenoxy) is 1. The molecule has 1 aromatic carbocycles. The van der Waals surface area contributed by atoms with Crippen molar-refractivity contribution in [1.29, 1.82) is 0 Å². The van der Waals surface area contributed by atoms with E-state index in [-0.39, 0.29) is 11.9 Å². The van der Waals surface area contributed by atoms with E-state index in [0.717, 1.165) is 26.3 Å². The fourth-order valence-electron chi connectivity index (χ4n) is 2.47. The third-order valence-corrected chi connectivity index (χ3v) is 4.02. The average Bonchev–Trinajstić information content (AvgIpc) is 2.42. The van der Waals surface area contributed by atoms with E-state index >= 15 is 0 Å². The van der Waals surface area contributed by atoms with Crippen LogP contribution in [0.5, 0.6) is 0 Å². The lowest BCUT2D eigenvalue weighted by Gasteiger charge is -2.24. The molecule has 0 aromatic heterocycles. The van der Waals surface area contributed by atoms with Crippen molar-refractivity contribution in [1.82, 2.24) is 5.32 Å². The first-order valence-corrected chi connectivity index (χ1v) is 7.34. The standard InChI is InChI=1S/C16H24N2O2/c1-12-4-5-15(10-13(12)2)14(3)17-16(19)11-18-6-8-20-9-7-18/h4-5,10,14H,6-9,11H2,1-3H3,(H,17,19)/p+1/t14-/m1/s1. The molecule has 1 fully saturated rings. The monoisotopic (exact) mass is 277 g/mol. The Labute approximate surface area is 121 Å². The van der Waals surface area contributed by atoms with Crippen LogP contribution >= 0.6 is 0 Å². The molecule has 110 valence electrons. The Kier molecular flexibility index (Phi) is 5.15. The van der Waals surface area contributed by atoms with E-state index in [1.165, 1.54) is 21.6 Å². The number of rotatable bonds is 4. The summed E-state index contributed by atoms with van der Waals surface area (Å²) in [5.41, 5.74) is 3.71. The molecule has 20 heavy (non-hydrogen) atoms. The number of morpholine rings is 1. The fraction of sp³-hybridized carbons (Fsp3) is 0.562. The summed E-state index contributed by atoms with van der Waals surface area (Å²) in [6, 6.07) is 6.42. The number of nitrogens with one attached hydrogen (secondary N) is 2. The molecule has 4 nitrogen and oxygen atoms in total. The lowest BCUT2D eigenvalue weighted by molar-refractivity contribution is -0.900. The summed E-state index contributed by atoms with van der Waals surface area (Å²) in [7, 11) is 0. The highest BCUT2D eigenvalue weighted by Crippen LogP contribution is 2.16. The number of amides is 1. The molecule has 2 rings (SSSR count). The van der Waals surface area contributed by atoms with Crippen molar-refractivity contribution in [3.63, 3.8) is 0 Å². The van der Waals surface area contributed by atoms with E-state index < -0.39 is 0 Å². The molecule has 1 saturated heterocycles. The van der Waals surface area contributed by atoms with Gasteiger partial charge in [-0.05, 0) is 37.5 Å². The first-order chi connectivity index (χ1) is 9.56. The predicted octanol–water partition coefficient (Wildman–Crippen LogP) is 0.396. The number of quaternary nitrogens is 1. The summed E-state index contributed by atoms with van der Waals surface area (Å²) >= 11 is 0. The zero-order chi connectivity index (χ0) is 14.5. The maximum atomic E-state index is 12.1. The normalized spacial score (nSPS) is 17.8. The van der Waals surface area contributed by atoms with Gasteiger partial charge in [-0.15, -0.1) is 0 Å². The van der Waals surface area contributed by atoms with Gasteiger partial charge in [0.2, 0.25) is 0 Å². The Bertz CT molecular complexity index is 468. The van der Waals surface area contributed by atoms with Gasteiger partial charge in [-0.3, -0.25) is 4.79 Å². The molecule has 0 saturated carbocycles. The highest BCUT2D eigenvalue weighted by molar-refractivity contribution is 5.77. The van der Waals surface area contributed by atoms with E-state index in [9.17, 15) is 4.79 Å². The fourth-order valence-corrected chi connectivity index (χ4v) is 2.47. The van der Waals surface area contributed by atoms with Crippen molar-refractivity contribution >= 4 is 5.91 Å². The van der Waals surface area contributed by atoms with Gasteiger partial charge in [0.05, 0.1) is 19.3 Å². The van der Waals surface area contributed by atoms with Gasteiger partial charge in [0.15, 0.2) is 6.54 Å². The number of hydrogen-bond donors (Lipinski definition) is 2. The smallest absolute Gasteiger partial charge is 0.275 e. The summed E-state index contributed by atoms with van der Waals surface area (Å²) in [5, 5.41) is 3.09. The van der Waals surface area contributed by atoms with Gasteiger partial charge in [-0.1, -0.05) is 18.2 Å². The van der Waals surface area contributed by atoms with Gasteiger partial charge in [0.25, 0.3) is 5.91 Å². The molecule has 0 unspecified atom stereocenters. The summed E-state index contributed by atoms with van der Waals surface area (Å²) in [5.74, 6) is 0.118. The van der Waals surface area contributed by atoms with Crippen LogP contribution in [0.15, 0.2) is 18.2 Å². The van der Waals surface area contributed by atoms with Gasteiger partial charge in [0, 0.05) is 0 Å². The van der Waals surface area contributed by atoms with Crippen LogP contribution in [0.25, 0.3) is 0 Å². The van der Waals surface area contributed by atoms with E-state index in [0.29, 0.717) is 6.54 Å². The summed E-state index contributed by atoms with van der Waals surface area (Å²) in [4.78, 5) is 13.4. The molecule has 1 atom stereocenters. The SMILES string of the molecule is Cc1ccc([C@@H](C)NC(=O)C[NH+]2CCOCC2)cc1C. The van der Waals surface area contributed by atoms with Crippen LogP contribution < -0.4 is 10.2 Å². The van der Waals surface area contributed by atoms with Crippen molar-refractivity contribution in [2.24, 2.45) is 0 Å². The first-order valence-electron chi connectivity index (χ1n) is 7.34. The minimum absolute atomic E-state index is 0.0576. The summed E-state index contributed by atoms with van der Waals surface area (Å²) in [6.07, 6.45) is 0. The largest absolute Gasteiger partial charge is 0.370 e. The minimum atomic E-state index is 0.0576. The highest BCUT2D eigenvalue weighted by Gasteiger charge is 2.19.